The van der Waals surface area contributed by atoms with Crippen LogP contribution >= 0.6 is 23.2 Å². The van der Waals surface area contributed by atoms with E-state index >= 15 is 0 Å². The van der Waals surface area contributed by atoms with Gasteiger partial charge in [0.05, 0.1) is 0 Å². The van der Waals surface area contributed by atoms with Gasteiger partial charge in [-0.05, 0) is 123 Å². The van der Waals surface area contributed by atoms with E-state index in [1.165, 1.54) is 11.1 Å². The molecule has 0 aromatic heterocycles. The number of carboxylic acid groups (broad SMARTS) is 1. The average Bonchev–Trinajstić information content (AvgIpc) is 3.10. The summed E-state index contributed by atoms with van der Waals surface area (Å²) in [4.78, 5) is 24.5. The number of hydrogen-bond acceptors (Lipinski definition) is 7. The number of unbranched alkanes of at least 4 members (excludes halogenated alkanes) is 4. The van der Waals surface area contributed by atoms with Crippen molar-refractivity contribution in [2.45, 2.75) is 180 Å². The number of aryl methyl sites for hydroxylation is 2. The Balaban J connectivity index is 0.000000203. The van der Waals surface area contributed by atoms with Crippen LogP contribution < -0.4 is 14.2 Å². The van der Waals surface area contributed by atoms with Gasteiger partial charge in [-0.1, -0.05) is 62.8 Å². The molecule has 1 unspecified atom stereocenters. The fraction of sp³-hybridized carbons (Fsp3) is 0.625. The number of alkyl halides is 2. The molecule has 2 aliphatic carbocycles. The minimum Gasteiger partial charge on any atom is -0.507 e. The number of fused-ring (bicyclic) bond motifs is 8. The summed E-state index contributed by atoms with van der Waals surface area (Å²) in [5.74, 6) is 1.63. The second kappa shape index (κ2) is 18.9. The third-order valence-corrected chi connectivity index (χ3v) is 12.5. The summed E-state index contributed by atoms with van der Waals surface area (Å²) in [7, 11) is 0. The smallest absolute Gasteiger partial charge is 0.345 e. The lowest BCUT2D eigenvalue weighted by molar-refractivity contribution is -0.0518. The van der Waals surface area contributed by atoms with Crippen LogP contribution in [-0.2, 0) is 17.6 Å². The molecule has 0 radical (unpaired) electrons. The molecular weight excluding hydrogens is 775 g/mol. The first-order valence-electron chi connectivity index (χ1n) is 21.5. The summed E-state index contributed by atoms with van der Waals surface area (Å²) in [6, 6.07) is 3.95. The van der Waals surface area contributed by atoms with Gasteiger partial charge in [0.1, 0.15) is 50.2 Å². The van der Waals surface area contributed by atoms with E-state index in [9.17, 15) is 19.8 Å². The van der Waals surface area contributed by atoms with Crippen molar-refractivity contribution in [1.29, 1.82) is 0 Å². The number of phenols is 1. The van der Waals surface area contributed by atoms with Crippen LogP contribution in [0.25, 0.3) is 0 Å². The number of carboxylic acids is 1. The quantitative estimate of drug-likeness (QED) is 0.111. The fourth-order valence-electron chi connectivity index (χ4n) is 9.71. The SMILES string of the molecule is CC(Cl)Cl.CCCCCc1cc2c(c(O)c1C(=O)O)[C@@H]1C=C(C)CC[C@H]1C(C)(C)O2.CCCCCc1cc2c(c3c1C(=O)OC(C)O3)[C@@H]1C=C(C)CC[C@H]1C(C)(C)O2. The Hall–Kier alpha value is -3.36. The molecular formula is C48H66Cl2O8. The summed E-state index contributed by atoms with van der Waals surface area (Å²) in [6.45, 7) is 20.7. The van der Waals surface area contributed by atoms with Gasteiger partial charge in [-0.15, -0.1) is 23.2 Å². The van der Waals surface area contributed by atoms with Gasteiger partial charge in [-0.3, -0.25) is 0 Å². The number of carbonyl (C=O) groups excluding carboxylic acids is 1. The second-order valence-electron chi connectivity index (χ2n) is 17.9. The normalized spacial score (nSPS) is 24.4. The van der Waals surface area contributed by atoms with Gasteiger partial charge in [-0.25, -0.2) is 9.59 Å². The molecule has 0 amide bonds. The highest BCUT2D eigenvalue weighted by Crippen LogP contribution is 2.57. The van der Waals surface area contributed by atoms with Crippen LogP contribution in [0.1, 0.15) is 188 Å². The molecule has 10 heteroatoms. The molecule has 0 saturated heterocycles. The van der Waals surface area contributed by atoms with Crippen LogP contribution in [-0.4, -0.2) is 44.5 Å². The number of benzene rings is 2. The lowest BCUT2D eigenvalue weighted by Gasteiger charge is -2.47. The van der Waals surface area contributed by atoms with Crippen molar-refractivity contribution in [1.82, 2.24) is 0 Å². The molecule has 320 valence electrons. The van der Waals surface area contributed by atoms with Crippen molar-refractivity contribution in [2.75, 3.05) is 0 Å². The van der Waals surface area contributed by atoms with Gasteiger partial charge in [0.2, 0.25) is 6.29 Å². The molecule has 0 fully saturated rings. The Morgan fingerprint density at radius 2 is 1.28 bits per heavy atom. The van der Waals surface area contributed by atoms with Gasteiger partial charge in [-0.2, -0.15) is 0 Å². The third-order valence-electron chi connectivity index (χ3n) is 12.5. The van der Waals surface area contributed by atoms with E-state index in [0.717, 1.165) is 87.5 Å². The molecule has 5 aliphatic rings. The monoisotopic (exact) mass is 840 g/mol. The highest BCUT2D eigenvalue weighted by molar-refractivity contribution is 6.43. The maximum atomic E-state index is 12.8. The van der Waals surface area contributed by atoms with E-state index in [0.29, 0.717) is 40.5 Å². The van der Waals surface area contributed by atoms with Gasteiger partial charge < -0.3 is 29.2 Å². The molecule has 58 heavy (non-hydrogen) atoms. The number of cyclic esters (lactones) is 1. The van der Waals surface area contributed by atoms with Crippen LogP contribution in [0, 0.1) is 11.8 Å². The standard InChI is InChI=1S/C24H32O4.C22H30O4.C2H4Cl2/c1-6-7-8-9-16-13-19-21(22-20(16)23(25)27-15(3)26-22)17-12-14(2)10-11-18(17)24(4,5)28-19;1-5-6-7-8-14-12-17-19(20(23)18(14)21(24)25)15-11-13(2)9-10-16(15)22(3,4)26-17;1-2(3)4/h12-13,15,17-18H,6-11H2,1-5H3;11-12,15-16,23H,5-10H2,1-4H3,(H,24,25);2H,1H3/t15?,17-,18-;15-,16-;/m11./s1. The Morgan fingerprint density at radius 1 is 0.810 bits per heavy atom. The van der Waals surface area contributed by atoms with Crippen molar-refractivity contribution in [3.8, 4) is 23.0 Å². The van der Waals surface area contributed by atoms with E-state index < -0.39 is 12.3 Å². The van der Waals surface area contributed by atoms with Crippen LogP contribution in [0.4, 0.5) is 0 Å². The average molecular weight is 842 g/mol. The number of allylic oxidation sites excluding steroid dienone is 4. The molecule has 2 aromatic rings. The first kappa shape index (κ1) is 45.7. The number of ether oxygens (including phenoxy) is 4. The van der Waals surface area contributed by atoms with E-state index in [2.05, 4.69) is 73.6 Å². The molecule has 2 aromatic carbocycles. The van der Waals surface area contributed by atoms with Crippen molar-refractivity contribution in [2.24, 2.45) is 11.8 Å². The molecule has 3 heterocycles. The van der Waals surface area contributed by atoms with Crippen molar-refractivity contribution < 1.29 is 38.7 Å². The second-order valence-corrected chi connectivity index (χ2v) is 19.5. The predicted molar refractivity (Wildman–Crippen MR) is 232 cm³/mol. The zero-order valence-corrected chi connectivity index (χ0v) is 37.9. The maximum absolute atomic E-state index is 12.8. The van der Waals surface area contributed by atoms with Gasteiger partial charge >= 0.3 is 11.9 Å². The first-order chi connectivity index (χ1) is 27.3. The number of carbonyl (C=O) groups is 2. The van der Waals surface area contributed by atoms with E-state index in [-0.39, 0.29) is 51.1 Å². The molecule has 7 rings (SSSR count). The van der Waals surface area contributed by atoms with Crippen LogP contribution in [0.15, 0.2) is 35.4 Å². The molecule has 0 bridgehead atoms. The summed E-state index contributed by atoms with van der Waals surface area (Å²) in [5, 5.41) is 20.7. The Kier molecular flexibility index (Phi) is 14.9. The minimum absolute atomic E-state index is 0.00490. The largest absolute Gasteiger partial charge is 0.507 e. The molecule has 0 saturated carbocycles. The maximum Gasteiger partial charge on any atom is 0.345 e. The van der Waals surface area contributed by atoms with Crippen molar-refractivity contribution >= 4 is 35.1 Å². The number of hydrogen-bond donors (Lipinski definition) is 2. The van der Waals surface area contributed by atoms with Crippen LogP contribution in [0.3, 0.4) is 0 Å². The summed E-state index contributed by atoms with van der Waals surface area (Å²) in [6.07, 6.45) is 16.0. The lowest BCUT2D eigenvalue weighted by Crippen LogP contribution is -2.46. The minimum atomic E-state index is -1.06. The highest BCUT2D eigenvalue weighted by Gasteiger charge is 2.48. The number of aromatic carboxylic acids is 1. The Morgan fingerprint density at radius 3 is 1.78 bits per heavy atom. The van der Waals surface area contributed by atoms with E-state index in [1.54, 1.807) is 13.8 Å². The van der Waals surface area contributed by atoms with Crippen molar-refractivity contribution in [3.63, 3.8) is 0 Å². The zero-order chi connectivity index (χ0) is 42.7. The molecule has 3 aliphatic heterocycles. The summed E-state index contributed by atoms with van der Waals surface area (Å²) in [5.41, 5.74) is 6.14. The summed E-state index contributed by atoms with van der Waals surface area (Å²) < 4.78 is 24.4. The first-order valence-corrected chi connectivity index (χ1v) is 22.4. The number of rotatable bonds is 9. The molecule has 0 spiro atoms. The Labute approximate surface area is 356 Å². The van der Waals surface area contributed by atoms with Gasteiger partial charge in [0.15, 0.2) is 0 Å². The Bertz CT molecular complexity index is 1890. The summed E-state index contributed by atoms with van der Waals surface area (Å²) >= 11 is 10.1. The number of halogens is 2. The molecule has 8 nitrogen and oxygen atoms in total. The van der Waals surface area contributed by atoms with Gasteiger partial charge in [0, 0.05) is 41.7 Å². The van der Waals surface area contributed by atoms with E-state index in [1.807, 2.05) is 6.07 Å². The topological polar surface area (TPSA) is 112 Å². The van der Waals surface area contributed by atoms with Crippen molar-refractivity contribution in [3.05, 3.63) is 68.8 Å². The van der Waals surface area contributed by atoms with Gasteiger partial charge in [0.25, 0.3) is 0 Å². The molecule has 2 N–H and O–H groups in total. The van der Waals surface area contributed by atoms with Crippen LogP contribution in [0.2, 0.25) is 0 Å². The lowest BCUT2D eigenvalue weighted by atomic mass is 9.67. The molecule has 5 atom stereocenters. The third kappa shape index (κ3) is 9.97. The predicted octanol–water partition coefficient (Wildman–Crippen LogP) is 13.2. The fourth-order valence-corrected chi connectivity index (χ4v) is 9.71. The zero-order valence-electron chi connectivity index (χ0n) is 36.4. The number of esters is 1. The highest BCUT2D eigenvalue weighted by atomic mass is 35.5. The van der Waals surface area contributed by atoms with E-state index in [4.69, 9.17) is 42.1 Å². The van der Waals surface area contributed by atoms with Crippen LogP contribution in [0.5, 0.6) is 23.0 Å². The number of aromatic hydroxyl groups is 1.